The van der Waals surface area contributed by atoms with Gasteiger partial charge in [0.15, 0.2) is 11.5 Å². The first kappa shape index (κ1) is 19.4. The number of nitrogens with zero attached hydrogens (tertiary/aromatic N) is 1. The van der Waals surface area contributed by atoms with Gasteiger partial charge < -0.3 is 24.4 Å². The molecular formula is C21H21ClN2O5. The highest BCUT2D eigenvalue weighted by Crippen LogP contribution is 2.38. The highest BCUT2D eigenvalue weighted by Gasteiger charge is 2.24. The van der Waals surface area contributed by atoms with E-state index in [1.54, 1.807) is 42.3 Å². The van der Waals surface area contributed by atoms with Crippen LogP contribution in [-0.2, 0) is 16.0 Å². The molecule has 4 rings (SSSR count). The lowest BCUT2D eigenvalue weighted by Gasteiger charge is -2.20. The maximum absolute atomic E-state index is 12.5. The summed E-state index contributed by atoms with van der Waals surface area (Å²) in [4.78, 5) is 26.2. The molecule has 0 aliphatic carbocycles. The number of hydrogen-bond donors (Lipinski definition) is 1. The lowest BCUT2D eigenvalue weighted by molar-refractivity contribution is -0.117. The van der Waals surface area contributed by atoms with Crippen LogP contribution in [-0.4, -0.2) is 38.7 Å². The summed E-state index contributed by atoms with van der Waals surface area (Å²) in [5.74, 6) is 1.48. The SMILES string of the molecule is COc1cc(NC(=O)Cc2cc(Cl)c3c(c2)OCCO3)ccc1N1CCCC1=O. The zero-order valence-corrected chi connectivity index (χ0v) is 16.8. The van der Waals surface area contributed by atoms with E-state index in [4.69, 9.17) is 25.8 Å². The van der Waals surface area contributed by atoms with Crippen molar-refractivity contribution in [3.05, 3.63) is 40.9 Å². The molecule has 2 amide bonds. The van der Waals surface area contributed by atoms with Crippen LogP contribution in [0.1, 0.15) is 18.4 Å². The van der Waals surface area contributed by atoms with Gasteiger partial charge in [0, 0.05) is 24.7 Å². The average Bonchev–Trinajstić information content (AvgIpc) is 3.13. The lowest BCUT2D eigenvalue weighted by Crippen LogP contribution is -2.24. The Bertz CT molecular complexity index is 962. The van der Waals surface area contributed by atoms with Crippen molar-refractivity contribution in [2.24, 2.45) is 0 Å². The Labute approximate surface area is 173 Å². The van der Waals surface area contributed by atoms with Crippen molar-refractivity contribution < 1.29 is 23.8 Å². The minimum Gasteiger partial charge on any atom is -0.494 e. The molecule has 0 bridgehead atoms. The van der Waals surface area contributed by atoms with E-state index in [9.17, 15) is 9.59 Å². The monoisotopic (exact) mass is 416 g/mol. The third-order valence-corrected chi connectivity index (χ3v) is 5.13. The van der Waals surface area contributed by atoms with Crippen LogP contribution in [0.5, 0.6) is 17.2 Å². The minimum absolute atomic E-state index is 0.0792. The molecule has 1 saturated heterocycles. The van der Waals surface area contributed by atoms with Gasteiger partial charge in [-0.25, -0.2) is 0 Å². The molecule has 0 atom stereocenters. The highest BCUT2D eigenvalue weighted by atomic mass is 35.5. The summed E-state index contributed by atoms with van der Waals surface area (Å²) >= 11 is 6.24. The third-order valence-electron chi connectivity index (χ3n) is 4.85. The topological polar surface area (TPSA) is 77.1 Å². The molecule has 0 radical (unpaired) electrons. The Morgan fingerprint density at radius 1 is 1.24 bits per heavy atom. The van der Waals surface area contributed by atoms with Gasteiger partial charge in [-0.3, -0.25) is 9.59 Å². The van der Waals surface area contributed by atoms with E-state index < -0.39 is 0 Å². The number of anilines is 2. The van der Waals surface area contributed by atoms with E-state index in [0.29, 0.717) is 59.8 Å². The summed E-state index contributed by atoms with van der Waals surface area (Å²) < 4.78 is 16.5. The number of methoxy groups -OCH3 is 1. The molecule has 2 aliphatic rings. The van der Waals surface area contributed by atoms with E-state index in [0.717, 1.165) is 12.0 Å². The minimum atomic E-state index is -0.204. The van der Waals surface area contributed by atoms with E-state index in [1.807, 2.05) is 0 Å². The van der Waals surface area contributed by atoms with Crippen LogP contribution in [0.25, 0.3) is 0 Å². The summed E-state index contributed by atoms with van der Waals surface area (Å²) in [6, 6.07) is 8.74. The van der Waals surface area contributed by atoms with Crippen molar-refractivity contribution in [2.75, 3.05) is 37.1 Å². The van der Waals surface area contributed by atoms with Crippen molar-refractivity contribution in [1.29, 1.82) is 0 Å². The molecule has 2 aromatic rings. The van der Waals surface area contributed by atoms with Crippen LogP contribution in [0.3, 0.4) is 0 Å². The second kappa shape index (κ2) is 8.21. The van der Waals surface area contributed by atoms with E-state index in [1.165, 1.54) is 0 Å². The van der Waals surface area contributed by atoms with Gasteiger partial charge in [-0.2, -0.15) is 0 Å². The van der Waals surface area contributed by atoms with E-state index in [2.05, 4.69) is 5.32 Å². The number of carbonyl (C=O) groups is 2. The smallest absolute Gasteiger partial charge is 0.228 e. The van der Waals surface area contributed by atoms with Gasteiger partial charge in [0.2, 0.25) is 11.8 Å². The molecule has 1 N–H and O–H groups in total. The first-order valence-corrected chi connectivity index (χ1v) is 9.79. The van der Waals surface area contributed by atoms with Crippen LogP contribution >= 0.6 is 11.6 Å². The molecule has 8 heteroatoms. The Hall–Kier alpha value is -2.93. The summed E-state index contributed by atoms with van der Waals surface area (Å²) in [6.45, 7) is 1.57. The largest absolute Gasteiger partial charge is 0.494 e. The molecular weight excluding hydrogens is 396 g/mol. The molecule has 7 nitrogen and oxygen atoms in total. The van der Waals surface area contributed by atoms with Crippen LogP contribution in [0.4, 0.5) is 11.4 Å². The predicted molar refractivity (Wildman–Crippen MR) is 109 cm³/mol. The molecule has 29 heavy (non-hydrogen) atoms. The van der Waals surface area contributed by atoms with Gasteiger partial charge in [0.1, 0.15) is 19.0 Å². The van der Waals surface area contributed by atoms with Crippen LogP contribution in [0, 0.1) is 0 Å². The van der Waals surface area contributed by atoms with Crippen molar-refractivity contribution in [3.63, 3.8) is 0 Å². The number of hydrogen-bond acceptors (Lipinski definition) is 5. The van der Waals surface area contributed by atoms with Crippen molar-refractivity contribution in [2.45, 2.75) is 19.3 Å². The average molecular weight is 417 g/mol. The second-order valence-corrected chi connectivity index (χ2v) is 7.27. The van der Waals surface area contributed by atoms with Gasteiger partial charge in [0.25, 0.3) is 0 Å². The van der Waals surface area contributed by atoms with Crippen LogP contribution in [0.15, 0.2) is 30.3 Å². The predicted octanol–water partition coefficient (Wildman–Crippen LogP) is 3.43. The normalized spacial score (nSPS) is 15.4. The van der Waals surface area contributed by atoms with Gasteiger partial charge in [-0.15, -0.1) is 0 Å². The first-order valence-electron chi connectivity index (χ1n) is 9.41. The van der Waals surface area contributed by atoms with Crippen LogP contribution in [0.2, 0.25) is 5.02 Å². The number of ether oxygens (including phenoxy) is 3. The number of rotatable bonds is 5. The quantitative estimate of drug-likeness (QED) is 0.808. The van der Waals surface area contributed by atoms with Crippen molar-refractivity contribution in [1.82, 2.24) is 0 Å². The summed E-state index contributed by atoms with van der Waals surface area (Å²) in [5.41, 5.74) is 2.03. The summed E-state index contributed by atoms with van der Waals surface area (Å²) in [7, 11) is 1.54. The fraction of sp³-hybridized carbons (Fsp3) is 0.333. The Morgan fingerprint density at radius 3 is 2.83 bits per heavy atom. The van der Waals surface area contributed by atoms with Gasteiger partial charge >= 0.3 is 0 Å². The number of nitrogens with one attached hydrogen (secondary N) is 1. The number of fused-ring (bicyclic) bond motifs is 1. The first-order chi connectivity index (χ1) is 14.0. The molecule has 2 heterocycles. The zero-order chi connectivity index (χ0) is 20.4. The Kier molecular flexibility index (Phi) is 5.49. The zero-order valence-electron chi connectivity index (χ0n) is 16.0. The fourth-order valence-electron chi connectivity index (χ4n) is 3.54. The van der Waals surface area contributed by atoms with Crippen molar-refractivity contribution >= 4 is 34.8 Å². The molecule has 2 aliphatic heterocycles. The summed E-state index contributed by atoms with van der Waals surface area (Å²) in [6.07, 6.45) is 1.50. The maximum atomic E-state index is 12.5. The second-order valence-electron chi connectivity index (χ2n) is 6.86. The maximum Gasteiger partial charge on any atom is 0.228 e. The number of amides is 2. The summed E-state index contributed by atoms with van der Waals surface area (Å²) in [5, 5.41) is 3.28. The van der Waals surface area contributed by atoms with E-state index in [-0.39, 0.29) is 18.2 Å². The number of halogens is 1. The van der Waals surface area contributed by atoms with Gasteiger partial charge in [-0.1, -0.05) is 11.6 Å². The fourth-order valence-corrected chi connectivity index (χ4v) is 3.83. The molecule has 0 unspecified atom stereocenters. The molecule has 1 fully saturated rings. The standard InChI is InChI=1S/C21H21ClN2O5/c1-27-17-12-14(4-5-16(17)24-6-2-3-20(24)26)23-19(25)11-13-9-15(22)21-18(10-13)28-7-8-29-21/h4-5,9-10,12H,2-3,6-8,11H2,1H3,(H,23,25). The molecule has 2 aromatic carbocycles. The third kappa shape index (κ3) is 4.10. The van der Waals surface area contributed by atoms with Gasteiger partial charge in [-0.05, 0) is 36.2 Å². The van der Waals surface area contributed by atoms with Gasteiger partial charge in [0.05, 0.1) is 24.2 Å². The molecule has 0 saturated carbocycles. The molecule has 152 valence electrons. The Morgan fingerprint density at radius 2 is 2.07 bits per heavy atom. The lowest BCUT2D eigenvalue weighted by atomic mass is 10.1. The number of carbonyl (C=O) groups excluding carboxylic acids is 2. The van der Waals surface area contributed by atoms with Crippen LogP contribution < -0.4 is 24.4 Å². The highest BCUT2D eigenvalue weighted by molar-refractivity contribution is 6.32. The molecule has 0 spiro atoms. The molecule has 0 aromatic heterocycles. The van der Waals surface area contributed by atoms with Crippen molar-refractivity contribution in [3.8, 4) is 17.2 Å². The Balaban J connectivity index is 1.47. The van der Waals surface area contributed by atoms with E-state index >= 15 is 0 Å². The number of benzene rings is 2.